The van der Waals surface area contributed by atoms with Gasteiger partial charge >= 0.3 is 15.6 Å². The highest BCUT2D eigenvalue weighted by atomic mass is 31.3. The van der Waals surface area contributed by atoms with Crippen molar-refractivity contribution in [3.63, 3.8) is 0 Å². The molecule has 1 aromatic carbocycles. The molecule has 34 heavy (non-hydrogen) atoms. The molecule has 0 radical (unpaired) electrons. The average Bonchev–Trinajstić information content (AvgIpc) is 3.13. The second-order valence-electron chi connectivity index (χ2n) is 7.74. The van der Waals surface area contributed by atoms with Crippen molar-refractivity contribution in [3.8, 4) is 0 Å². The third kappa shape index (κ3) is 4.53. The first-order valence-electron chi connectivity index (χ1n) is 9.60. The van der Waals surface area contributed by atoms with Gasteiger partial charge in [0, 0.05) is 29.7 Å². The van der Waals surface area contributed by atoms with E-state index in [4.69, 9.17) is 14.5 Å². The van der Waals surface area contributed by atoms with Crippen molar-refractivity contribution in [1.82, 2.24) is 20.0 Å². The Kier molecular flexibility index (Phi) is 6.19. The molecule has 1 unspecified atom stereocenters. The molecule has 0 bridgehead atoms. The van der Waals surface area contributed by atoms with E-state index in [9.17, 15) is 29.0 Å². The number of aromatic nitrogens is 4. The van der Waals surface area contributed by atoms with E-state index in [1.807, 2.05) is 0 Å². The van der Waals surface area contributed by atoms with Crippen LogP contribution in [0.2, 0.25) is 0 Å². The van der Waals surface area contributed by atoms with E-state index in [2.05, 4.69) is 29.4 Å². The molecule has 1 fully saturated rings. The number of anilines is 1. The molecule has 0 amide bonds. The highest BCUT2D eigenvalue weighted by molar-refractivity contribution is 7.60. The number of ether oxygens (including phenoxy) is 1. The monoisotopic (exact) mass is 521 g/mol. The molecule has 186 valence electrons. The van der Waals surface area contributed by atoms with Gasteiger partial charge in [-0.3, -0.25) is 9.32 Å². The van der Waals surface area contributed by atoms with Crippen molar-refractivity contribution < 1.29 is 47.6 Å². The summed E-state index contributed by atoms with van der Waals surface area (Å²) in [5.74, 6) is 0. The Hall–Kier alpha value is -2.23. The maximum atomic E-state index is 12.3. The number of nitrogens with zero attached hydrogens (tertiary/aromatic N) is 3. The second-order valence-corrected chi connectivity index (χ2v) is 10.6. The predicted octanol–water partition coefficient (Wildman–Crippen LogP) is -0.450. The fourth-order valence-electron chi connectivity index (χ4n) is 3.81. The Labute approximate surface area is 189 Å². The van der Waals surface area contributed by atoms with Gasteiger partial charge in [0.25, 0.3) is 5.56 Å². The van der Waals surface area contributed by atoms with E-state index in [0.717, 1.165) is 0 Å². The predicted molar refractivity (Wildman–Crippen MR) is 115 cm³/mol. The standard InChI is InChI=1S/C16H21N5O11P2/c1-16(24)13(22)11(6-30-34(28,29)32-33(25,26)27)31-15(16)21-5-8-9(17-2)3-7-12(8)10(20-21)4-18-19-14(7)23/h3-5,11,13,15,17,22,24H,6H2,1-2H3,(H,19,23)(H,28,29)(H2,25,26,27)/t11-,13-,15-,16-/m1/s1. The molecule has 3 heterocycles. The highest BCUT2D eigenvalue weighted by Crippen LogP contribution is 2.58. The number of hydrogen-bond donors (Lipinski definition) is 7. The van der Waals surface area contributed by atoms with Crippen molar-refractivity contribution >= 4 is 43.0 Å². The highest BCUT2D eigenvalue weighted by Gasteiger charge is 2.54. The van der Waals surface area contributed by atoms with Crippen LogP contribution < -0.4 is 10.9 Å². The maximum Gasteiger partial charge on any atom is 0.481 e. The number of phosphoric acid groups is 2. The van der Waals surface area contributed by atoms with Crippen molar-refractivity contribution in [1.29, 1.82) is 0 Å². The van der Waals surface area contributed by atoms with Crippen LogP contribution in [0.4, 0.5) is 5.69 Å². The fourth-order valence-corrected chi connectivity index (χ4v) is 5.41. The van der Waals surface area contributed by atoms with Crippen molar-refractivity contribution in [2.45, 2.75) is 31.0 Å². The molecule has 0 aliphatic carbocycles. The minimum absolute atomic E-state index is 0.260. The van der Waals surface area contributed by atoms with E-state index in [1.165, 1.54) is 24.0 Å². The summed E-state index contributed by atoms with van der Waals surface area (Å²) in [6.45, 7) is 0.373. The Bertz CT molecular complexity index is 1400. The van der Waals surface area contributed by atoms with Gasteiger partial charge in [0.1, 0.15) is 23.3 Å². The van der Waals surface area contributed by atoms with E-state index in [1.54, 1.807) is 13.1 Å². The van der Waals surface area contributed by atoms with Crippen LogP contribution >= 0.6 is 15.6 Å². The normalized spacial score (nSPS) is 27.3. The summed E-state index contributed by atoms with van der Waals surface area (Å²) in [7, 11) is -8.90. The lowest BCUT2D eigenvalue weighted by atomic mass is 9.97. The van der Waals surface area contributed by atoms with E-state index < -0.39 is 51.8 Å². The Balaban J connectivity index is 1.70. The van der Waals surface area contributed by atoms with Gasteiger partial charge in [-0.2, -0.15) is 14.5 Å². The van der Waals surface area contributed by atoms with Gasteiger partial charge < -0.3 is 34.9 Å². The minimum atomic E-state index is -5.34. The summed E-state index contributed by atoms with van der Waals surface area (Å²) in [6, 6.07) is 1.60. The molecule has 7 N–H and O–H groups in total. The van der Waals surface area contributed by atoms with Crippen LogP contribution in [0, 0.1) is 0 Å². The van der Waals surface area contributed by atoms with Crippen LogP contribution in [-0.2, 0) is 22.7 Å². The Morgan fingerprint density at radius 3 is 2.68 bits per heavy atom. The number of rotatable bonds is 7. The number of aliphatic hydroxyl groups excluding tert-OH is 1. The number of phosphoric ester groups is 1. The topological polar surface area (TPSA) is 239 Å². The largest absolute Gasteiger partial charge is 0.481 e. The number of hydrogen-bond acceptors (Lipinski definition) is 11. The van der Waals surface area contributed by atoms with Gasteiger partial charge in [0.15, 0.2) is 6.23 Å². The summed E-state index contributed by atoms with van der Waals surface area (Å²) in [5, 5.41) is 36.3. The Morgan fingerprint density at radius 2 is 2.03 bits per heavy atom. The minimum Gasteiger partial charge on any atom is -0.388 e. The van der Waals surface area contributed by atoms with Gasteiger partial charge in [-0.25, -0.2) is 18.9 Å². The van der Waals surface area contributed by atoms with Crippen molar-refractivity contribution in [3.05, 3.63) is 28.8 Å². The van der Waals surface area contributed by atoms with E-state index in [0.29, 0.717) is 21.8 Å². The van der Waals surface area contributed by atoms with Crippen molar-refractivity contribution in [2.75, 3.05) is 19.0 Å². The van der Waals surface area contributed by atoms with Crippen LogP contribution in [0.25, 0.3) is 21.7 Å². The summed E-state index contributed by atoms with van der Waals surface area (Å²) >= 11 is 0. The first kappa shape index (κ1) is 24.9. The smallest absolute Gasteiger partial charge is 0.388 e. The van der Waals surface area contributed by atoms with Gasteiger partial charge in [0.05, 0.1) is 18.2 Å². The molecule has 18 heteroatoms. The lowest BCUT2D eigenvalue weighted by Crippen LogP contribution is -2.44. The Morgan fingerprint density at radius 1 is 1.32 bits per heavy atom. The zero-order chi connectivity index (χ0) is 25.1. The molecule has 2 aromatic heterocycles. The van der Waals surface area contributed by atoms with E-state index >= 15 is 0 Å². The van der Waals surface area contributed by atoms with Crippen LogP contribution in [-0.4, -0.2) is 76.3 Å². The SMILES string of the molecule is CNc1cc2c(=O)[nH]ncc3nn([C@@H]4O[C@H](COP(=O)(O)OP(=O)(O)O)[C@@H](O)[C@@]4(C)O)cc1c32. The maximum absolute atomic E-state index is 12.3. The van der Waals surface area contributed by atoms with Gasteiger partial charge in [-0.15, -0.1) is 0 Å². The van der Waals surface area contributed by atoms with Crippen molar-refractivity contribution in [2.24, 2.45) is 0 Å². The molecular weight excluding hydrogens is 500 g/mol. The van der Waals surface area contributed by atoms with Crippen LogP contribution in [0.5, 0.6) is 0 Å². The molecule has 1 aliphatic heterocycles. The first-order valence-corrected chi connectivity index (χ1v) is 12.6. The molecule has 3 aromatic rings. The second kappa shape index (κ2) is 8.46. The summed E-state index contributed by atoms with van der Waals surface area (Å²) < 4.78 is 37.6. The first-order chi connectivity index (χ1) is 15.7. The summed E-state index contributed by atoms with van der Waals surface area (Å²) in [6.07, 6.45) is -1.66. The molecule has 1 saturated heterocycles. The molecule has 0 saturated carbocycles. The summed E-state index contributed by atoms with van der Waals surface area (Å²) in [5.41, 5.74) is -1.61. The number of nitrogens with one attached hydrogen (secondary N) is 2. The zero-order valence-electron chi connectivity index (χ0n) is 17.6. The fraction of sp³-hybridized carbons (Fsp3) is 0.438. The third-order valence-electron chi connectivity index (χ3n) is 5.33. The molecule has 16 nitrogen and oxygen atoms in total. The van der Waals surface area contributed by atoms with E-state index in [-0.39, 0.29) is 5.52 Å². The van der Waals surface area contributed by atoms with Gasteiger partial charge in [0.2, 0.25) is 0 Å². The molecule has 1 aliphatic rings. The zero-order valence-corrected chi connectivity index (χ0v) is 19.4. The molecule has 5 atom stereocenters. The number of aromatic amines is 1. The number of aliphatic hydroxyl groups is 2. The number of H-pyrrole nitrogens is 1. The quantitative estimate of drug-likeness (QED) is 0.195. The van der Waals surface area contributed by atoms with Crippen LogP contribution in [0.1, 0.15) is 13.2 Å². The molecular formula is C16H21N5O11P2. The molecule has 4 rings (SSSR count). The van der Waals surface area contributed by atoms with Crippen LogP contribution in [0.3, 0.4) is 0 Å². The molecule has 0 spiro atoms. The van der Waals surface area contributed by atoms with Gasteiger partial charge in [-0.05, 0) is 13.0 Å². The third-order valence-corrected chi connectivity index (χ3v) is 7.48. The summed E-state index contributed by atoms with van der Waals surface area (Å²) in [4.78, 5) is 39.1. The lowest BCUT2D eigenvalue weighted by molar-refractivity contribution is -0.102. The van der Waals surface area contributed by atoms with Gasteiger partial charge in [-0.1, -0.05) is 0 Å². The average molecular weight is 521 g/mol. The lowest BCUT2D eigenvalue weighted by Gasteiger charge is -2.27. The van der Waals surface area contributed by atoms with Crippen LogP contribution in [0.15, 0.2) is 23.3 Å².